The van der Waals surface area contributed by atoms with Crippen molar-refractivity contribution in [2.75, 3.05) is 17.1 Å². The summed E-state index contributed by atoms with van der Waals surface area (Å²) in [5, 5.41) is 5.09. The van der Waals surface area contributed by atoms with Crippen LogP contribution in [0, 0.1) is 6.92 Å². The van der Waals surface area contributed by atoms with Crippen LogP contribution in [0.5, 0.6) is 0 Å². The van der Waals surface area contributed by atoms with Crippen molar-refractivity contribution in [2.24, 2.45) is 5.10 Å². The molecule has 4 aromatic rings. The summed E-state index contributed by atoms with van der Waals surface area (Å²) < 4.78 is 28.0. The number of halogens is 1. The number of aryl methyl sites for hydroxylation is 1. The number of carbonyl (C=O) groups is 1. The molecule has 0 unspecified atom stereocenters. The number of benzene rings is 3. The van der Waals surface area contributed by atoms with E-state index in [2.05, 4.69) is 15.5 Å². The van der Waals surface area contributed by atoms with E-state index in [0.29, 0.717) is 11.3 Å². The highest BCUT2D eigenvalue weighted by Gasteiger charge is 2.27. The fourth-order valence-corrected chi connectivity index (χ4v) is 5.46. The maximum atomic E-state index is 13.5. The highest BCUT2D eigenvalue weighted by atomic mass is 35.5. The average Bonchev–Trinajstić information content (AvgIpc) is 2.88. The predicted octanol–water partition coefficient (Wildman–Crippen LogP) is 5.26. The number of carbonyl (C=O) groups excluding carboxylic acids is 1. The molecule has 1 N–H and O–H groups in total. The van der Waals surface area contributed by atoms with E-state index in [4.69, 9.17) is 11.6 Å². The number of nitrogens with zero attached hydrogens (tertiary/aromatic N) is 3. The Hall–Kier alpha value is -3.40. The second kappa shape index (κ2) is 11.1. The first kappa shape index (κ1) is 25.7. The number of hydrogen-bond donors (Lipinski definition) is 1. The number of nitrogens with one attached hydrogen (secondary N) is 1. The number of hydrazone groups is 1. The lowest BCUT2D eigenvalue weighted by Gasteiger charge is -2.24. The molecule has 1 heterocycles. The second-order valence-electron chi connectivity index (χ2n) is 7.88. The lowest BCUT2D eigenvalue weighted by atomic mass is 10.2. The van der Waals surface area contributed by atoms with Gasteiger partial charge in [0.15, 0.2) is 0 Å². The summed E-state index contributed by atoms with van der Waals surface area (Å²) in [4.78, 5) is 18.1. The Morgan fingerprint density at radius 1 is 1.08 bits per heavy atom. The highest BCUT2D eigenvalue weighted by molar-refractivity contribution is 7.98. The molecule has 0 saturated carbocycles. The van der Waals surface area contributed by atoms with Crippen LogP contribution in [0.15, 0.2) is 93.8 Å². The van der Waals surface area contributed by atoms with E-state index in [1.807, 2.05) is 43.5 Å². The molecule has 4 rings (SSSR count). The van der Waals surface area contributed by atoms with Gasteiger partial charge >= 0.3 is 0 Å². The van der Waals surface area contributed by atoms with E-state index in [0.717, 1.165) is 25.7 Å². The van der Waals surface area contributed by atoms with Crippen molar-refractivity contribution in [3.63, 3.8) is 0 Å². The molecule has 0 radical (unpaired) electrons. The molecule has 0 bridgehead atoms. The molecule has 0 atom stereocenters. The summed E-state index contributed by atoms with van der Waals surface area (Å²) in [6.07, 6.45) is 3.29. The number of thioether (sulfide) groups is 1. The Morgan fingerprint density at radius 2 is 1.78 bits per heavy atom. The Bertz CT molecular complexity index is 1520. The molecular formula is C26H23ClN4O3S2. The zero-order valence-electron chi connectivity index (χ0n) is 19.6. The van der Waals surface area contributed by atoms with Gasteiger partial charge in [0.05, 0.1) is 22.3 Å². The fourth-order valence-electron chi connectivity index (χ4n) is 3.44. The molecule has 0 saturated heterocycles. The van der Waals surface area contributed by atoms with Crippen LogP contribution in [0.2, 0.25) is 5.15 Å². The van der Waals surface area contributed by atoms with E-state index in [1.54, 1.807) is 36.4 Å². The van der Waals surface area contributed by atoms with Gasteiger partial charge in [-0.25, -0.2) is 18.8 Å². The number of amides is 1. The van der Waals surface area contributed by atoms with Crippen LogP contribution >= 0.6 is 23.4 Å². The molecule has 0 aliphatic heterocycles. The van der Waals surface area contributed by atoms with Gasteiger partial charge < -0.3 is 0 Å². The molecule has 10 heteroatoms. The summed E-state index contributed by atoms with van der Waals surface area (Å²) in [6, 6.07) is 22.7. The third-order valence-corrected chi connectivity index (χ3v) is 8.19. The molecule has 1 aromatic heterocycles. The smallest absolute Gasteiger partial charge is 0.264 e. The van der Waals surface area contributed by atoms with Gasteiger partial charge in [-0.1, -0.05) is 47.5 Å². The molecule has 0 spiro atoms. The van der Waals surface area contributed by atoms with E-state index >= 15 is 0 Å². The summed E-state index contributed by atoms with van der Waals surface area (Å²) >= 11 is 7.75. The van der Waals surface area contributed by atoms with Crippen LogP contribution in [-0.4, -0.2) is 38.3 Å². The maximum absolute atomic E-state index is 13.5. The van der Waals surface area contributed by atoms with Crippen molar-refractivity contribution in [2.45, 2.75) is 16.7 Å². The molecule has 184 valence electrons. The van der Waals surface area contributed by atoms with Crippen molar-refractivity contribution < 1.29 is 13.2 Å². The first-order valence-electron chi connectivity index (χ1n) is 10.9. The van der Waals surface area contributed by atoms with Crippen LogP contribution in [0.25, 0.3) is 10.9 Å². The van der Waals surface area contributed by atoms with Crippen LogP contribution in [0.1, 0.15) is 11.1 Å². The monoisotopic (exact) mass is 538 g/mol. The summed E-state index contributed by atoms with van der Waals surface area (Å²) in [6.45, 7) is 1.44. The first-order chi connectivity index (χ1) is 17.3. The van der Waals surface area contributed by atoms with Crippen LogP contribution in [0.4, 0.5) is 5.69 Å². The predicted molar refractivity (Wildman–Crippen MR) is 146 cm³/mol. The lowest BCUT2D eigenvalue weighted by molar-refractivity contribution is -0.119. The summed E-state index contributed by atoms with van der Waals surface area (Å²) in [7, 11) is -4.01. The standard InChI is InChI=1S/C26H23ClN4O3S2/c1-18-7-9-21(10-8-18)31(36(33,34)23-13-11-22(35-2)12-14-23)17-25(32)30-28-16-20-15-19-5-3-4-6-24(19)29-26(20)27/h3-16H,17H2,1-2H3,(H,30,32)/b28-16-. The second-order valence-corrected chi connectivity index (χ2v) is 11.0. The number of hydrogen-bond acceptors (Lipinski definition) is 6. The molecule has 7 nitrogen and oxygen atoms in total. The first-order valence-corrected chi connectivity index (χ1v) is 13.9. The Labute approximate surface area is 219 Å². The van der Waals surface area contributed by atoms with Gasteiger partial charge in [0.1, 0.15) is 11.7 Å². The fraction of sp³-hybridized carbons (Fsp3) is 0.115. The van der Waals surface area contributed by atoms with Crippen molar-refractivity contribution >= 4 is 62.1 Å². The number of rotatable bonds is 8. The van der Waals surface area contributed by atoms with Crippen molar-refractivity contribution in [1.29, 1.82) is 0 Å². The molecule has 36 heavy (non-hydrogen) atoms. The number of pyridine rings is 1. The topological polar surface area (TPSA) is 91.7 Å². The zero-order chi connectivity index (χ0) is 25.7. The van der Waals surface area contributed by atoms with Gasteiger partial charge in [-0.15, -0.1) is 11.8 Å². The van der Waals surface area contributed by atoms with Gasteiger partial charge in [0, 0.05) is 15.8 Å². The Morgan fingerprint density at radius 3 is 2.47 bits per heavy atom. The largest absolute Gasteiger partial charge is 0.271 e. The minimum Gasteiger partial charge on any atom is -0.271 e. The summed E-state index contributed by atoms with van der Waals surface area (Å²) in [5.74, 6) is -0.610. The van der Waals surface area contributed by atoms with E-state index < -0.39 is 22.5 Å². The minimum atomic E-state index is -4.01. The number of aromatic nitrogens is 1. The quantitative estimate of drug-likeness (QED) is 0.143. The number of fused-ring (bicyclic) bond motifs is 1. The molecule has 0 aliphatic carbocycles. The minimum absolute atomic E-state index is 0.0891. The van der Waals surface area contributed by atoms with Gasteiger partial charge in [-0.2, -0.15) is 5.10 Å². The Kier molecular flexibility index (Phi) is 7.93. The summed E-state index contributed by atoms with van der Waals surface area (Å²) in [5.41, 5.74) is 5.00. The average molecular weight is 539 g/mol. The molecular weight excluding hydrogens is 516 g/mol. The van der Waals surface area contributed by atoms with Gasteiger partial charge in [0.25, 0.3) is 15.9 Å². The van der Waals surface area contributed by atoms with E-state index in [-0.39, 0.29) is 10.0 Å². The number of anilines is 1. The third kappa shape index (κ3) is 5.87. The number of sulfonamides is 1. The van der Waals surface area contributed by atoms with Crippen molar-refractivity contribution in [3.8, 4) is 0 Å². The van der Waals surface area contributed by atoms with Gasteiger partial charge in [0.2, 0.25) is 0 Å². The lowest BCUT2D eigenvalue weighted by Crippen LogP contribution is -2.39. The van der Waals surface area contributed by atoms with E-state index in [1.165, 1.54) is 30.1 Å². The van der Waals surface area contributed by atoms with Gasteiger partial charge in [-0.05, 0) is 61.7 Å². The van der Waals surface area contributed by atoms with Crippen LogP contribution in [0.3, 0.4) is 0 Å². The number of para-hydroxylation sites is 1. The SMILES string of the molecule is CSc1ccc(S(=O)(=O)N(CC(=O)N/N=C\c2cc3ccccc3nc2Cl)c2ccc(C)cc2)cc1. The molecule has 0 fully saturated rings. The third-order valence-electron chi connectivity index (χ3n) is 5.35. The Balaban J connectivity index is 1.56. The van der Waals surface area contributed by atoms with Crippen LogP contribution in [-0.2, 0) is 14.8 Å². The normalized spacial score (nSPS) is 11.6. The molecule has 3 aromatic carbocycles. The highest BCUT2D eigenvalue weighted by Crippen LogP contribution is 2.26. The van der Waals surface area contributed by atoms with Crippen LogP contribution < -0.4 is 9.73 Å². The van der Waals surface area contributed by atoms with Crippen molar-refractivity contribution in [3.05, 3.63) is 95.1 Å². The van der Waals surface area contributed by atoms with E-state index in [9.17, 15) is 13.2 Å². The molecule has 0 aliphatic rings. The zero-order valence-corrected chi connectivity index (χ0v) is 21.9. The van der Waals surface area contributed by atoms with Gasteiger partial charge in [-0.3, -0.25) is 9.10 Å². The molecule has 1 amide bonds. The van der Waals surface area contributed by atoms with Crippen molar-refractivity contribution in [1.82, 2.24) is 10.4 Å². The maximum Gasteiger partial charge on any atom is 0.264 e.